The monoisotopic (exact) mass is 704 g/mol. The van der Waals surface area contributed by atoms with Crippen LogP contribution in [0.2, 0.25) is 0 Å². The van der Waals surface area contributed by atoms with Gasteiger partial charge in [-0.2, -0.15) is 4.98 Å². The van der Waals surface area contributed by atoms with Crippen LogP contribution < -0.4 is 9.47 Å². The highest BCUT2D eigenvalue weighted by Crippen LogP contribution is 2.42. The van der Waals surface area contributed by atoms with Crippen molar-refractivity contribution < 1.29 is 33.3 Å². The van der Waals surface area contributed by atoms with E-state index in [9.17, 15) is 15.0 Å². The fourth-order valence-corrected chi connectivity index (χ4v) is 7.72. The molecule has 2 fully saturated rings. The lowest BCUT2D eigenvalue weighted by molar-refractivity contribution is -0.141. The number of halogens is 1. The molecule has 0 bridgehead atoms. The summed E-state index contributed by atoms with van der Waals surface area (Å²) in [5.74, 6) is -0.892. The van der Waals surface area contributed by atoms with E-state index < -0.39 is 17.7 Å². The van der Waals surface area contributed by atoms with Crippen molar-refractivity contribution in [2.75, 3.05) is 33.3 Å². The highest BCUT2D eigenvalue weighted by Gasteiger charge is 2.31. The molecule has 0 saturated carbocycles. The third kappa shape index (κ3) is 6.45. The average molecular weight is 705 g/mol. The van der Waals surface area contributed by atoms with Gasteiger partial charge in [0.1, 0.15) is 17.6 Å². The van der Waals surface area contributed by atoms with Gasteiger partial charge in [-0.15, -0.1) is 0 Å². The van der Waals surface area contributed by atoms with Crippen molar-refractivity contribution in [3.8, 4) is 34.3 Å². The van der Waals surface area contributed by atoms with E-state index in [1.165, 1.54) is 0 Å². The lowest BCUT2D eigenvalue weighted by atomic mass is 9.95. The number of oxazole rings is 1. The zero-order chi connectivity index (χ0) is 35.9. The van der Waals surface area contributed by atoms with E-state index in [0.717, 1.165) is 35.2 Å². The first-order valence-corrected chi connectivity index (χ1v) is 17.4. The Labute approximate surface area is 299 Å². The van der Waals surface area contributed by atoms with Gasteiger partial charge in [0.15, 0.2) is 5.58 Å². The van der Waals surface area contributed by atoms with Crippen LogP contribution >= 0.6 is 0 Å². The van der Waals surface area contributed by atoms with Crippen LogP contribution in [-0.2, 0) is 24.3 Å². The molecule has 13 heteroatoms. The molecule has 2 aliphatic heterocycles. The van der Waals surface area contributed by atoms with Crippen LogP contribution in [-0.4, -0.2) is 80.3 Å². The minimum Gasteiger partial charge on any atom is -0.481 e. The Bertz CT molecular complexity index is 2220. The van der Waals surface area contributed by atoms with Gasteiger partial charge < -0.3 is 24.1 Å². The minimum absolute atomic E-state index is 0.0779. The van der Waals surface area contributed by atoms with Crippen LogP contribution in [0, 0.1) is 18.3 Å². The van der Waals surface area contributed by atoms with Crippen molar-refractivity contribution in [2.24, 2.45) is 5.92 Å². The third-order valence-electron chi connectivity index (χ3n) is 10.3. The number of nitrogens with zero attached hydrogens (tertiary/aromatic N) is 6. The molecule has 2 saturated heterocycles. The summed E-state index contributed by atoms with van der Waals surface area (Å²) in [5, 5.41) is 19.3. The number of rotatable bonds is 10. The molecule has 266 valence electrons. The number of hydrogen-bond acceptors (Lipinski definition) is 10. The Morgan fingerprint density at radius 2 is 1.83 bits per heavy atom. The molecule has 0 unspecified atom stereocenters. The first-order valence-electron chi connectivity index (χ1n) is 17.4. The standard InChI is InChI=1S/C39H37FN6O6/c1-41-30-15-22(18-45-13-11-23(19-45)39(48)49)16-31-36(30)52-37(43-31)29-8-4-7-28(35(29)40)25-5-3-6-27-26(25)9-10-33(27)51-34-17-42-32(38(44-34)50-2)21-46-14-12-24(47)20-46/h3-8,15-17,23-24,33,47H,9-14,18-21H2,2H3,(H,48,49)/t23-,24-,33-/m1/s1. The lowest BCUT2D eigenvalue weighted by Crippen LogP contribution is -2.22. The van der Waals surface area contributed by atoms with Crippen molar-refractivity contribution in [1.82, 2.24) is 24.8 Å². The van der Waals surface area contributed by atoms with Crippen LogP contribution in [0.5, 0.6) is 11.8 Å². The smallest absolute Gasteiger partial charge is 0.307 e. The number of carboxylic acid groups (broad SMARTS) is 1. The molecule has 0 radical (unpaired) electrons. The summed E-state index contributed by atoms with van der Waals surface area (Å²) < 4.78 is 34.4. The number of fused-ring (bicyclic) bond motifs is 2. The number of aliphatic hydroxyl groups excluding tert-OH is 1. The van der Waals surface area contributed by atoms with Gasteiger partial charge >= 0.3 is 5.97 Å². The number of aliphatic hydroxyl groups is 1. The van der Waals surface area contributed by atoms with Crippen molar-refractivity contribution >= 4 is 22.8 Å². The van der Waals surface area contributed by atoms with Gasteiger partial charge in [-0.3, -0.25) is 14.6 Å². The Morgan fingerprint density at radius 1 is 1.04 bits per heavy atom. The van der Waals surface area contributed by atoms with Crippen LogP contribution in [0.1, 0.15) is 47.8 Å². The maximum atomic E-state index is 16.5. The number of aliphatic carboxylic acids is 1. The van der Waals surface area contributed by atoms with E-state index in [0.29, 0.717) is 80.5 Å². The number of benzene rings is 3. The van der Waals surface area contributed by atoms with Crippen LogP contribution in [0.3, 0.4) is 0 Å². The summed E-state index contributed by atoms with van der Waals surface area (Å²) in [5.41, 5.74) is 5.76. The van der Waals surface area contributed by atoms with Crippen molar-refractivity contribution in [2.45, 2.75) is 51.0 Å². The van der Waals surface area contributed by atoms with E-state index in [-0.39, 0.29) is 34.9 Å². The Balaban J connectivity index is 1.04. The molecule has 8 rings (SSSR count). The van der Waals surface area contributed by atoms with Gasteiger partial charge in [0.25, 0.3) is 0 Å². The molecule has 2 N–H and O–H groups in total. The maximum Gasteiger partial charge on any atom is 0.307 e. The van der Waals surface area contributed by atoms with Crippen LogP contribution in [0.4, 0.5) is 10.1 Å². The summed E-state index contributed by atoms with van der Waals surface area (Å²) in [4.78, 5) is 33.0. The molecule has 3 aliphatic rings. The molecule has 5 aromatic rings. The maximum absolute atomic E-state index is 16.5. The second-order valence-electron chi connectivity index (χ2n) is 13.7. The zero-order valence-corrected chi connectivity index (χ0v) is 28.6. The fraction of sp³-hybridized carbons (Fsp3) is 0.359. The van der Waals surface area contributed by atoms with Crippen LogP contribution in [0.25, 0.3) is 38.5 Å². The number of carbonyl (C=O) groups is 1. The summed E-state index contributed by atoms with van der Waals surface area (Å²) in [6.45, 7) is 11.2. The summed E-state index contributed by atoms with van der Waals surface area (Å²) in [6.07, 6.45) is 3.61. The zero-order valence-electron chi connectivity index (χ0n) is 28.6. The van der Waals surface area contributed by atoms with Crippen molar-refractivity contribution in [3.63, 3.8) is 0 Å². The number of β-amino-alcohol motifs (C(OH)–C–C–N with tert-alkyl or cyclic N) is 1. The molecule has 4 heterocycles. The van der Waals surface area contributed by atoms with Crippen LogP contribution in [0.15, 0.2) is 59.1 Å². The molecular weight excluding hydrogens is 667 g/mol. The molecule has 0 spiro atoms. The Kier molecular flexibility index (Phi) is 9.04. The predicted octanol–water partition coefficient (Wildman–Crippen LogP) is 6.19. The summed E-state index contributed by atoms with van der Waals surface area (Å²) in [7, 11) is 1.55. The number of carboxylic acids is 1. The molecule has 3 aromatic carbocycles. The second-order valence-corrected chi connectivity index (χ2v) is 13.7. The number of ether oxygens (including phenoxy) is 2. The van der Waals surface area contributed by atoms with E-state index in [1.54, 1.807) is 37.6 Å². The molecule has 2 aromatic heterocycles. The molecular formula is C39H37FN6O6. The molecule has 0 amide bonds. The van der Waals surface area contributed by atoms with Crippen molar-refractivity contribution in [1.29, 1.82) is 0 Å². The van der Waals surface area contributed by atoms with E-state index in [1.807, 2.05) is 24.3 Å². The number of methoxy groups -OCH3 is 1. The quantitative estimate of drug-likeness (QED) is 0.161. The highest BCUT2D eigenvalue weighted by atomic mass is 19.1. The predicted molar refractivity (Wildman–Crippen MR) is 188 cm³/mol. The SMILES string of the molecule is [C-]#[N+]c1cc(CN2CC[C@@H](C(=O)O)C2)cc2nc(-c3cccc(-c4cccc5c4CC[C@H]5Oc4cnc(CN5CC[C@@H](O)C5)c(OC)n4)c3F)oc12. The van der Waals surface area contributed by atoms with E-state index >= 15 is 4.39 Å². The van der Waals surface area contributed by atoms with Gasteiger partial charge in [0.05, 0.1) is 43.0 Å². The molecule has 52 heavy (non-hydrogen) atoms. The number of aromatic nitrogens is 3. The Morgan fingerprint density at radius 3 is 2.60 bits per heavy atom. The van der Waals surface area contributed by atoms with Gasteiger partial charge in [-0.05, 0) is 72.7 Å². The first kappa shape index (κ1) is 33.7. The number of likely N-dealkylation sites (tertiary alicyclic amines) is 2. The minimum atomic E-state index is -0.799. The van der Waals surface area contributed by atoms with Gasteiger partial charge in [-0.25, -0.2) is 19.2 Å². The molecule has 12 nitrogen and oxygen atoms in total. The third-order valence-corrected chi connectivity index (χ3v) is 10.3. The lowest BCUT2D eigenvalue weighted by Gasteiger charge is -2.18. The summed E-state index contributed by atoms with van der Waals surface area (Å²) >= 11 is 0. The molecule has 1 aliphatic carbocycles. The van der Waals surface area contributed by atoms with Gasteiger partial charge in [-0.1, -0.05) is 30.3 Å². The van der Waals surface area contributed by atoms with Gasteiger partial charge in [0, 0.05) is 38.3 Å². The molecule has 3 atom stereocenters. The highest BCUT2D eigenvalue weighted by molar-refractivity contribution is 5.89. The van der Waals surface area contributed by atoms with Crippen molar-refractivity contribution in [3.05, 3.63) is 94.3 Å². The first-order chi connectivity index (χ1) is 25.3. The Hall–Kier alpha value is -5.42. The van der Waals surface area contributed by atoms with E-state index in [4.69, 9.17) is 20.5 Å². The normalized spacial score (nSPS) is 20.3. The average Bonchev–Trinajstić information content (AvgIpc) is 3.96. The largest absolute Gasteiger partial charge is 0.481 e. The van der Waals surface area contributed by atoms with E-state index in [2.05, 4.69) is 29.6 Å². The fourth-order valence-electron chi connectivity index (χ4n) is 7.72. The van der Waals surface area contributed by atoms with Gasteiger partial charge in [0.2, 0.25) is 23.3 Å². The second kappa shape index (κ2) is 14.0. The topological polar surface area (TPSA) is 139 Å². The number of hydrogen-bond donors (Lipinski definition) is 2. The summed E-state index contributed by atoms with van der Waals surface area (Å²) in [6, 6.07) is 14.5.